The molecule has 5 rings (SSSR count). The second-order valence-electron chi connectivity index (χ2n) is 8.48. The molecule has 1 amide bonds. The summed E-state index contributed by atoms with van der Waals surface area (Å²) in [6.45, 7) is 5.32. The van der Waals surface area contributed by atoms with Crippen molar-refractivity contribution >= 4 is 23.6 Å². The van der Waals surface area contributed by atoms with Gasteiger partial charge in [-0.25, -0.2) is 0 Å². The molecule has 0 unspecified atom stereocenters. The fourth-order valence-corrected chi connectivity index (χ4v) is 4.72. The van der Waals surface area contributed by atoms with Gasteiger partial charge in [0, 0.05) is 25.7 Å². The van der Waals surface area contributed by atoms with Crippen molar-refractivity contribution < 1.29 is 4.79 Å². The van der Waals surface area contributed by atoms with Crippen LogP contribution in [0.15, 0.2) is 29.3 Å². The molecule has 2 aromatic rings. The fourth-order valence-electron chi connectivity index (χ4n) is 4.72. The molecule has 33 heavy (non-hydrogen) atoms. The Morgan fingerprint density at radius 3 is 2.97 bits per heavy atom. The number of carbonyl (C=O) groups is 1. The van der Waals surface area contributed by atoms with E-state index in [-0.39, 0.29) is 11.9 Å². The average molecular weight is 443 g/mol. The summed E-state index contributed by atoms with van der Waals surface area (Å²) in [5, 5.41) is 9.26. The van der Waals surface area contributed by atoms with Crippen molar-refractivity contribution in [3.05, 3.63) is 41.1 Å². The molecule has 0 radical (unpaired) electrons. The largest absolute Gasteiger partial charge is 0.341 e. The number of amides is 1. The molecule has 1 fully saturated rings. The van der Waals surface area contributed by atoms with Crippen molar-refractivity contribution in [3.63, 3.8) is 0 Å². The number of anilines is 2. The van der Waals surface area contributed by atoms with E-state index in [0.717, 1.165) is 30.9 Å². The van der Waals surface area contributed by atoms with E-state index >= 15 is 0 Å². The summed E-state index contributed by atoms with van der Waals surface area (Å²) in [5.74, 6) is 7.90. The van der Waals surface area contributed by atoms with E-state index in [1.807, 2.05) is 27.7 Å². The van der Waals surface area contributed by atoms with E-state index in [1.165, 1.54) is 0 Å². The van der Waals surface area contributed by atoms with Crippen molar-refractivity contribution in [3.8, 4) is 17.9 Å². The summed E-state index contributed by atoms with van der Waals surface area (Å²) in [6, 6.07) is 9.57. The Balaban J connectivity index is 1.58. The maximum atomic E-state index is 13.9. The van der Waals surface area contributed by atoms with Crippen molar-refractivity contribution in [1.29, 1.82) is 5.26 Å². The van der Waals surface area contributed by atoms with Gasteiger partial charge in [-0.2, -0.15) is 10.2 Å². The zero-order valence-corrected chi connectivity index (χ0v) is 18.7. The van der Waals surface area contributed by atoms with E-state index < -0.39 is 0 Å². The number of rotatable bonds is 4. The number of hydrogen-bond donors (Lipinski definition) is 1. The quantitative estimate of drug-likeness (QED) is 0.720. The lowest BCUT2D eigenvalue weighted by atomic mass is 10.1. The van der Waals surface area contributed by atoms with Gasteiger partial charge in [0.05, 0.1) is 31.3 Å². The van der Waals surface area contributed by atoms with Crippen LogP contribution in [0.5, 0.6) is 0 Å². The minimum Gasteiger partial charge on any atom is -0.341 e. The van der Waals surface area contributed by atoms with Crippen molar-refractivity contribution in [1.82, 2.24) is 14.5 Å². The minimum atomic E-state index is -0.151. The molecule has 0 spiro atoms. The van der Waals surface area contributed by atoms with Gasteiger partial charge in [0.15, 0.2) is 11.5 Å². The first-order valence-electron chi connectivity index (χ1n) is 11.2. The standard InChI is InChI=1S/C24H26N8O/c1-2-3-11-30-20-21(28-24(30)29-10-5-8-19(26)16-29)31-12-9-27-23(31)32(22(20)33)15-18-7-4-6-17(13-18)14-25/h4,6-7,13,19H,5,8-12,15-16,26H2,1H3/t19-/m1/s1. The maximum Gasteiger partial charge on any atom is 0.281 e. The number of carbonyl (C=O) groups excluding carboxylic acids is 1. The molecular weight excluding hydrogens is 416 g/mol. The van der Waals surface area contributed by atoms with Crippen molar-refractivity contribution in [2.45, 2.75) is 38.9 Å². The molecule has 4 heterocycles. The van der Waals surface area contributed by atoms with E-state index in [4.69, 9.17) is 10.7 Å². The summed E-state index contributed by atoms with van der Waals surface area (Å²) in [6.07, 6.45) is 1.98. The number of guanidine groups is 1. The third-order valence-corrected chi connectivity index (χ3v) is 6.24. The molecule has 3 aliphatic heterocycles. The highest BCUT2D eigenvalue weighted by Gasteiger charge is 2.42. The van der Waals surface area contributed by atoms with E-state index in [2.05, 4.69) is 27.8 Å². The number of hydrogen-bond acceptors (Lipinski definition) is 7. The van der Waals surface area contributed by atoms with Gasteiger partial charge in [0.25, 0.3) is 5.91 Å². The summed E-state index contributed by atoms with van der Waals surface area (Å²) in [4.78, 5) is 29.3. The van der Waals surface area contributed by atoms with Crippen LogP contribution in [0.2, 0.25) is 0 Å². The van der Waals surface area contributed by atoms with Gasteiger partial charge in [-0.1, -0.05) is 18.1 Å². The Kier molecular flexibility index (Phi) is 5.49. The van der Waals surface area contributed by atoms with Crippen LogP contribution in [-0.4, -0.2) is 58.5 Å². The van der Waals surface area contributed by atoms with E-state index in [1.54, 1.807) is 17.9 Å². The third-order valence-electron chi connectivity index (χ3n) is 6.24. The lowest BCUT2D eigenvalue weighted by Crippen LogP contribution is -2.50. The van der Waals surface area contributed by atoms with Crippen LogP contribution >= 0.6 is 0 Å². The number of aromatic nitrogens is 2. The first kappa shape index (κ1) is 21.0. The van der Waals surface area contributed by atoms with Crippen LogP contribution in [0, 0.1) is 23.2 Å². The molecule has 2 N–H and O–H groups in total. The molecule has 1 aromatic carbocycles. The number of imidazole rings is 1. The van der Waals surface area contributed by atoms with E-state index in [0.29, 0.717) is 55.8 Å². The van der Waals surface area contributed by atoms with Crippen LogP contribution in [0.25, 0.3) is 0 Å². The monoisotopic (exact) mass is 442 g/mol. The average Bonchev–Trinajstić information content (AvgIpc) is 3.46. The van der Waals surface area contributed by atoms with Gasteiger partial charge in [0.1, 0.15) is 0 Å². The summed E-state index contributed by atoms with van der Waals surface area (Å²) >= 11 is 0. The number of piperidine rings is 1. The number of nitriles is 1. The first-order chi connectivity index (χ1) is 16.1. The zero-order valence-electron chi connectivity index (χ0n) is 18.7. The van der Waals surface area contributed by atoms with Crippen molar-refractivity contribution in [2.75, 3.05) is 36.0 Å². The highest BCUT2D eigenvalue weighted by atomic mass is 16.2. The predicted octanol–water partition coefficient (Wildman–Crippen LogP) is 1.54. The van der Waals surface area contributed by atoms with Crippen molar-refractivity contribution in [2.24, 2.45) is 10.7 Å². The lowest BCUT2D eigenvalue weighted by molar-refractivity contribution is 0.0823. The normalized spacial score (nSPS) is 19.4. The molecule has 9 nitrogen and oxygen atoms in total. The van der Waals surface area contributed by atoms with Crippen LogP contribution in [0.1, 0.15) is 41.4 Å². The molecule has 1 atom stereocenters. The molecular formula is C24H26N8O. The third kappa shape index (κ3) is 3.71. The molecule has 9 heteroatoms. The second-order valence-corrected chi connectivity index (χ2v) is 8.48. The highest BCUT2D eigenvalue weighted by Crippen LogP contribution is 2.35. The number of aliphatic imine (C=N–C) groups is 1. The van der Waals surface area contributed by atoms with Gasteiger partial charge in [-0.15, -0.1) is 5.92 Å². The summed E-state index contributed by atoms with van der Waals surface area (Å²) in [5.41, 5.74) is 8.22. The zero-order chi connectivity index (χ0) is 22.9. The first-order valence-corrected chi connectivity index (χ1v) is 11.2. The Morgan fingerprint density at radius 1 is 1.30 bits per heavy atom. The maximum absolute atomic E-state index is 13.9. The molecule has 0 bridgehead atoms. The number of benzene rings is 1. The fraction of sp³-hybridized carbons (Fsp3) is 0.417. The molecule has 0 aliphatic carbocycles. The SMILES string of the molecule is CC#CCn1c(N2CCC[C@@H](N)C2)nc2c1C(=O)N(Cc1cccc(C#N)c1)C1=NCCN12. The smallest absolute Gasteiger partial charge is 0.281 e. The Bertz CT molecular complexity index is 1230. The number of fused-ring (bicyclic) bond motifs is 3. The topological polar surface area (TPSA) is 107 Å². The van der Waals surface area contributed by atoms with Crippen LogP contribution in [0.3, 0.4) is 0 Å². The van der Waals surface area contributed by atoms with Gasteiger partial charge < -0.3 is 10.6 Å². The summed E-state index contributed by atoms with van der Waals surface area (Å²) < 4.78 is 1.93. The minimum absolute atomic E-state index is 0.0849. The molecule has 0 saturated carbocycles. The number of nitrogens with zero attached hydrogens (tertiary/aromatic N) is 7. The molecule has 168 valence electrons. The van der Waals surface area contributed by atoms with E-state index in [9.17, 15) is 10.1 Å². The van der Waals surface area contributed by atoms with Gasteiger partial charge in [-0.3, -0.25) is 24.2 Å². The summed E-state index contributed by atoms with van der Waals surface area (Å²) in [7, 11) is 0. The van der Waals surface area contributed by atoms with Crippen LogP contribution in [-0.2, 0) is 13.1 Å². The second kappa shape index (κ2) is 8.61. The van der Waals surface area contributed by atoms with Crippen LogP contribution in [0.4, 0.5) is 11.8 Å². The van der Waals surface area contributed by atoms with Gasteiger partial charge >= 0.3 is 0 Å². The van der Waals surface area contributed by atoms with Crippen LogP contribution < -0.4 is 15.5 Å². The Morgan fingerprint density at radius 2 is 2.18 bits per heavy atom. The number of nitrogens with two attached hydrogens (primary N) is 1. The molecule has 3 aliphatic rings. The molecule has 1 aromatic heterocycles. The predicted molar refractivity (Wildman–Crippen MR) is 126 cm³/mol. The lowest BCUT2D eigenvalue weighted by Gasteiger charge is -2.33. The van der Waals surface area contributed by atoms with Gasteiger partial charge in [-0.05, 0) is 37.5 Å². The molecule has 1 saturated heterocycles. The highest BCUT2D eigenvalue weighted by molar-refractivity contribution is 6.18. The van der Waals surface area contributed by atoms with Gasteiger partial charge in [0.2, 0.25) is 11.9 Å². The Labute approximate surface area is 193 Å². The Hall–Kier alpha value is -3.82.